The van der Waals surface area contributed by atoms with Crippen LogP contribution in [0.15, 0.2) is 50.5 Å². The van der Waals surface area contributed by atoms with Crippen LogP contribution in [0.4, 0.5) is 0 Å². The number of aromatic nitrogens is 3. The summed E-state index contributed by atoms with van der Waals surface area (Å²) in [4.78, 5) is 27.5. The van der Waals surface area contributed by atoms with E-state index in [-0.39, 0.29) is 29.5 Å². The van der Waals surface area contributed by atoms with E-state index in [0.29, 0.717) is 11.6 Å². The molecule has 0 radical (unpaired) electrons. The van der Waals surface area contributed by atoms with E-state index in [1.807, 2.05) is 0 Å². The average molecular weight is 300 g/mol. The van der Waals surface area contributed by atoms with Crippen molar-refractivity contribution < 1.29 is 13.7 Å². The molecule has 3 heterocycles. The number of aryl methyl sites for hydroxylation is 1. The molecule has 1 amide bonds. The molecule has 0 fully saturated rings. The van der Waals surface area contributed by atoms with Crippen LogP contribution in [-0.2, 0) is 13.6 Å². The lowest BCUT2D eigenvalue weighted by Gasteiger charge is -2.03. The van der Waals surface area contributed by atoms with Crippen LogP contribution >= 0.6 is 0 Å². The Morgan fingerprint density at radius 2 is 2.27 bits per heavy atom. The monoisotopic (exact) mass is 300 g/mol. The van der Waals surface area contributed by atoms with Gasteiger partial charge in [-0.1, -0.05) is 5.16 Å². The zero-order valence-corrected chi connectivity index (χ0v) is 11.6. The van der Waals surface area contributed by atoms with E-state index in [1.54, 1.807) is 25.2 Å². The Morgan fingerprint density at radius 3 is 3.00 bits per heavy atom. The molecule has 22 heavy (non-hydrogen) atoms. The summed E-state index contributed by atoms with van der Waals surface area (Å²) in [6, 6.07) is 6.22. The van der Waals surface area contributed by atoms with Gasteiger partial charge in [-0.05, 0) is 18.2 Å². The van der Waals surface area contributed by atoms with Gasteiger partial charge in [0.05, 0.1) is 12.8 Å². The quantitative estimate of drug-likeness (QED) is 0.769. The van der Waals surface area contributed by atoms with Crippen LogP contribution in [0.1, 0.15) is 16.2 Å². The summed E-state index contributed by atoms with van der Waals surface area (Å²) < 4.78 is 11.5. The topological polar surface area (TPSA) is 103 Å². The van der Waals surface area contributed by atoms with Gasteiger partial charge in [-0.3, -0.25) is 9.59 Å². The Balaban J connectivity index is 1.66. The first kappa shape index (κ1) is 13.8. The lowest BCUT2D eigenvalue weighted by Crippen LogP contribution is -2.26. The number of hydrogen-bond acceptors (Lipinski definition) is 6. The van der Waals surface area contributed by atoms with Gasteiger partial charge in [0.25, 0.3) is 17.4 Å². The summed E-state index contributed by atoms with van der Waals surface area (Å²) in [6.45, 7) is 0.0816. The van der Waals surface area contributed by atoms with Crippen molar-refractivity contribution in [3.63, 3.8) is 0 Å². The van der Waals surface area contributed by atoms with Gasteiger partial charge < -0.3 is 18.8 Å². The summed E-state index contributed by atoms with van der Waals surface area (Å²) in [6.07, 6.45) is 3.03. The Labute approximate surface area is 124 Å². The largest absolute Gasteiger partial charge is 0.459 e. The molecule has 0 aliphatic carbocycles. The van der Waals surface area contributed by atoms with Crippen molar-refractivity contribution in [2.45, 2.75) is 6.54 Å². The number of carbonyl (C=O) groups excluding carboxylic acids is 1. The first-order valence-electron chi connectivity index (χ1n) is 6.45. The molecule has 0 atom stereocenters. The van der Waals surface area contributed by atoms with Crippen LogP contribution < -0.4 is 10.9 Å². The normalized spacial score (nSPS) is 10.6. The highest BCUT2D eigenvalue weighted by molar-refractivity contribution is 5.93. The third kappa shape index (κ3) is 2.80. The Kier molecular flexibility index (Phi) is 3.57. The second kappa shape index (κ2) is 5.68. The van der Waals surface area contributed by atoms with E-state index < -0.39 is 0 Å². The predicted molar refractivity (Wildman–Crippen MR) is 74.9 cm³/mol. The van der Waals surface area contributed by atoms with Gasteiger partial charge in [0.1, 0.15) is 0 Å². The number of furan rings is 1. The van der Waals surface area contributed by atoms with Crippen LogP contribution in [0.2, 0.25) is 0 Å². The van der Waals surface area contributed by atoms with Crippen LogP contribution in [0.5, 0.6) is 0 Å². The van der Waals surface area contributed by atoms with E-state index in [0.717, 1.165) is 0 Å². The van der Waals surface area contributed by atoms with Crippen molar-refractivity contribution >= 4 is 5.91 Å². The summed E-state index contributed by atoms with van der Waals surface area (Å²) >= 11 is 0. The molecular weight excluding hydrogens is 288 g/mol. The summed E-state index contributed by atoms with van der Waals surface area (Å²) in [5.74, 6) is 0.616. The number of pyridine rings is 1. The van der Waals surface area contributed by atoms with Crippen molar-refractivity contribution in [3.05, 3.63) is 58.5 Å². The van der Waals surface area contributed by atoms with E-state index in [9.17, 15) is 9.59 Å². The molecule has 0 unspecified atom stereocenters. The Morgan fingerprint density at radius 1 is 1.41 bits per heavy atom. The molecule has 0 aliphatic heterocycles. The van der Waals surface area contributed by atoms with E-state index >= 15 is 0 Å². The van der Waals surface area contributed by atoms with Gasteiger partial charge in [0, 0.05) is 24.9 Å². The molecule has 1 N–H and O–H groups in total. The summed E-state index contributed by atoms with van der Waals surface area (Å²) in [7, 11) is 1.61. The third-order valence-electron chi connectivity index (χ3n) is 2.97. The minimum atomic E-state index is -0.387. The maximum absolute atomic E-state index is 12.0. The standard InChI is InChI=1S/C14H12N4O4/c1-18-5-4-9(7-12(18)19)13(20)15-8-11-16-14(22-17-11)10-3-2-6-21-10/h2-7H,8H2,1H3,(H,15,20). The molecule has 0 saturated carbocycles. The third-order valence-corrected chi connectivity index (χ3v) is 2.97. The average Bonchev–Trinajstić information content (AvgIpc) is 3.18. The Bertz CT molecular complexity index is 848. The van der Waals surface area contributed by atoms with Crippen LogP contribution in [0.25, 0.3) is 11.7 Å². The summed E-state index contributed by atoms with van der Waals surface area (Å²) in [5, 5.41) is 6.36. The minimum Gasteiger partial charge on any atom is -0.459 e. The second-order valence-electron chi connectivity index (χ2n) is 4.54. The van der Waals surface area contributed by atoms with Gasteiger partial charge in [-0.15, -0.1) is 0 Å². The lowest BCUT2D eigenvalue weighted by atomic mass is 10.2. The van der Waals surface area contributed by atoms with Crippen LogP contribution in [0.3, 0.4) is 0 Å². The number of rotatable bonds is 4. The van der Waals surface area contributed by atoms with E-state index in [1.165, 1.54) is 23.1 Å². The number of nitrogens with one attached hydrogen (secondary N) is 1. The fourth-order valence-electron chi connectivity index (χ4n) is 1.78. The zero-order valence-electron chi connectivity index (χ0n) is 11.6. The molecule has 0 saturated heterocycles. The van der Waals surface area contributed by atoms with Gasteiger partial charge in [-0.2, -0.15) is 4.98 Å². The minimum absolute atomic E-state index is 0.0816. The first-order chi connectivity index (χ1) is 10.6. The van der Waals surface area contributed by atoms with E-state index in [2.05, 4.69) is 15.5 Å². The van der Waals surface area contributed by atoms with Crippen molar-refractivity contribution in [1.29, 1.82) is 0 Å². The van der Waals surface area contributed by atoms with Crippen molar-refractivity contribution in [2.24, 2.45) is 7.05 Å². The molecule has 112 valence electrons. The smallest absolute Gasteiger partial charge is 0.293 e. The molecule has 3 rings (SSSR count). The van der Waals surface area contributed by atoms with Crippen LogP contribution in [-0.4, -0.2) is 20.6 Å². The van der Waals surface area contributed by atoms with E-state index in [4.69, 9.17) is 8.94 Å². The lowest BCUT2D eigenvalue weighted by molar-refractivity contribution is 0.0949. The van der Waals surface area contributed by atoms with Crippen molar-refractivity contribution in [2.75, 3.05) is 0 Å². The molecule has 3 aromatic heterocycles. The first-order valence-corrected chi connectivity index (χ1v) is 6.45. The highest BCUT2D eigenvalue weighted by Crippen LogP contribution is 2.16. The van der Waals surface area contributed by atoms with Gasteiger partial charge in [-0.25, -0.2) is 0 Å². The zero-order chi connectivity index (χ0) is 15.5. The summed E-state index contributed by atoms with van der Waals surface area (Å²) in [5.41, 5.74) is 0.0187. The molecule has 3 aromatic rings. The molecule has 0 bridgehead atoms. The van der Waals surface area contributed by atoms with Gasteiger partial charge in [0.15, 0.2) is 11.6 Å². The van der Waals surface area contributed by atoms with Crippen LogP contribution in [0, 0.1) is 0 Å². The van der Waals surface area contributed by atoms with Gasteiger partial charge >= 0.3 is 0 Å². The predicted octanol–water partition coefficient (Wildman–Crippen LogP) is 0.958. The van der Waals surface area contributed by atoms with Crippen molar-refractivity contribution in [1.82, 2.24) is 20.0 Å². The maximum Gasteiger partial charge on any atom is 0.293 e. The fraction of sp³-hybridized carbons (Fsp3) is 0.143. The highest BCUT2D eigenvalue weighted by Gasteiger charge is 2.12. The van der Waals surface area contributed by atoms with Crippen molar-refractivity contribution in [3.8, 4) is 11.7 Å². The number of carbonyl (C=O) groups is 1. The highest BCUT2D eigenvalue weighted by atomic mass is 16.5. The number of hydrogen-bond donors (Lipinski definition) is 1. The molecule has 0 aromatic carbocycles. The SMILES string of the molecule is Cn1ccc(C(=O)NCc2noc(-c3ccco3)n2)cc1=O. The fourth-order valence-corrected chi connectivity index (χ4v) is 1.78. The maximum atomic E-state index is 12.0. The Hall–Kier alpha value is -3.16. The number of nitrogens with zero attached hydrogens (tertiary/aromatic N) is 3. The molecule has 8 nitrogen and oxygen atoms in total. The second-order valence-corrected chi connectivity index (χ2v) is 4.54. The number of amides is 1. The molecule has 0 aliphatic rings. The molecule has 8 heteroatoms. The molecule has 0 spiro atoms. The van der Waals surface area contributed by atoms with Gasteiger partial charge in [0.2, 0.25) is 0 Å². The molecular formula is C14H12N4O4.